The molecule has 0 rings (SSSR count). The van der Waals surface area contributed by atoms with Gasteiger partial charge < -0.3 is 0 Å². The normalized spacial score (nSPS) is 11.5. The number of hydrogen-bond donors (Lipinski definition) is 0. The van der Waals surface area contributed by atoms with Crippen LogP contribution in [0.15, 0.2) is 0 Å². The fourth-order valence-corrected chi connectivity index (χ4v) is 12.2. The Bertz CT molecular complexity index is 323. The third-order valence-electron chi connectivity index (χ3n) is 7.75. The van der Waals surface area contributed by atoms with Crippen LogP contribution >= 0.6 is 0 Å². The minimum atomic E-state index is 1.01. The molecule has 0 saturated heterocycles. The van der Waals surface area contributed by atoms with Crippen molar-refractivity contribution >= 4 is 26.3 Å². The second-order valence-electron chi connectivity index (χ2n) is 11.5. The monoisotopic (exact) mass is 638 g/mol. The molecule has 0 aromatic heterocycles. The van der Waals surface area contributed by atoms with Gasteiger partial charge in [0.2, 0.25) is 0 Å². The summed E-state index contributed by atoms with van der Waals surface area (Å²) in [6.45, 7) is 4.62. The van der Waals surface area contributed by atoms with E-state index in [0.717, 1.165) is 26.3 Å². The van der Waals surface area contributed by atoms with Crippen molar-refractivity contribution in [3.63, 3.8) is 0 Å². The predicted molar refractivity (Wildman–Crippen MR) is 171 cm³/mol. The fraction of sp³-hybridized carbons (Fsp3) is 1.00. The van der Waals surface area contributed by atoms with Crippen LogP contribution < -0.4 is 0 Å². The molecule has 0 saturated carbocycles. The third kappa shape index (κ3) is 35.0. The van der Waals surface area contributed by atoms with Crippen LogP contribution in [0.25, 0.3) is 0 Å². The molecule has 0 aliphatic heterocycles. The standard InChI is InChI=1S/C34H70Se2/c1-3-5-7-9-11-13-15-17-19-21-23-25-27-29-31-33-35-36-34-32-30-28-26-24-22-20-18-16-14-12-10-8-6-4-2/h3-34H2,1-2H3. The number of hydrogen-bond acceptors (Lipinski definition) is 0. The van der Waals surface area contributed by atoms with E-state index in [9.17, 15) is 0 Å². The van der Waals surface area contributed by atoms with Crippen LogP contribution in [0.2, 0.25) is 10.6 Å². The first-order valence-electron chi connectivity index (χ1n) is 17.2. The van der Waals surface area contributed by atoms with Crippen LogP contribution in [0, 0.1) is 0 Å². The molecule has 0 N–H and O–H groups in total. The van der Waals surface area contributed by atoms with Gasteiger partial charge in [-0.25, -0.2) is 0 Å². The molecule has 0 atom stereocenters. The Morgan fingerprint density at radius 2 is 0.389 bits per heavy atom. The summed E-state index contributed by atoms with van der Waals surface area (Å²) in [4.78, 5) is 0. The summed E-state index contributed by atoms with van der Waals surface area (Å²) in [6, 6.07) is 0. The average Bonchev–Trinajstić information content (AvgIpc) is 2.89. The van der Waals surface area contributed by atoms with Gasteiger partial charge in [0, 0.05) is 0 Å². The van der Waals surface area contributed by atoms with Crippen molar-refractivity contribution in [2.45, 2.75) is 217 Å². The van der Waals surface area contributed by atoms with Gasteiger partial charge in [-0.2, -0.15) is 0 Å². The first-order chi connectivity index (χ1) is 17.9. The molecule has 0 spiro atoms. The molecule has 0 heterocycles. The quantitative estimate of drug-likeness (QED) is 0.0497. The van der Waals surface area contributed by atoms with Gasteiger partial charge in [-0.05, 0) is 0 Å². The molecule has 0 nitrogen and oxygen atoms in total. The number of rotatable bonds is 33. The molecule has 0 bridgehead atoms. The van der Waals surface area contributed by atoms with Crippen molar-refractivity contribution in [2.75, 3.05) is 0 Å². The Balaban J connectivity index is 3.00. The summed E-state index contributed by atoms with van der Waals surface area (Å²) in [5.74, 6) is 0. The van der Waals surface area contributed by atoms with Crippen LogP contribution in [-0.2, 0) is 0 Å². The van der Waals surface area contributed by atoms with E-state index in [1.807, 2.05) is 0 Å². The van der Waals surface area contributed by atoms with Gasteiger partial charge in [0.05, 0.1) is 0 Å². The molecular formula is C34H70Se2. The van der Waals surface area contributed by atoms with E-state index < -0.39 is 0 Å². The van der Waals surface area contributed by atoms with Gasteiger partial charge in [-0.3, -0.25) is 0 Å². The zero-order valence-electron chi connectivity index (χ0n) is 25.4. The summed E-state index contributed by atoms with van der Waals surface area (Å²) in [5.41, 5.74) is 0. The summed E-state index contributed by atoms with van der Waals surface area (Å²) < 4.78 is 0. The molecule has 2 heteroatoms. The minimum Gasteiger partial charge on any atom is -0.0654 e. The summed E-state index contributed by atoms with van der Waals surface area (Å²) in [7, 11) is 0. The molecule has 0 fully saturated rings. The molecule has 0 aromatic rings. The van der Waals surface area contributed by atoms with Gasteiger partial charge in [0.1, 0.15) is 0 Å². The zero-order valence-corrected chi connectivity index (χ0v) is 28.9. The molecular weight excluding hydrogens is 566 g/mol. The van der Waals surface area contributed by atoms with Crippen molar-refractivity contribution in [3.05, 3.63) is 0 Å². The van der Waals surface area contributed by atoms with Gasteiger partial charge in [0.15, 0.2) is 0 Å². The molecule has 0 unspecified atom stereocenters. The molecule has 0 aliphatic carbocycles. The first-order valence-corrected chi connectivity index (χ1v) is 23.9. The van der Waals surface area contributed by atoms with Crippen molar-refractivity contribution in [3.8, 4) is 0 Å². The fourth-order valence-electron chi connectivity index (χ4n) is 5.18. The van der Waals surface area contributed by atoms with Crippen LogP contribution in [0.3, 0.4) is 0 Å². The third-order valence-corrected chi connectivity index (χ3v) is 15.5. The van der Waals surface area contributed by atoms with Crippen molar-refractivity contribution < 1.29 is 0 Å². The van der Waals surface area contributed by atoms with E-state index in [2.05, 4.69) is 13.8 Å². The van der Waals surface area contributed by atoms with Crippen LogP contribution in [0.1, 0.15) is 206 Å². The smallest absolute Gasteiger partial charge is 0.0654 e. The summed E-state index contributed by atoms with van der Waals surface area (Å²) >= 11 is 2.03. The SMILES string of the molecule is CCCCCCCCCCCCCCCCC[Se][Se]CCCCCCCCCCCCCCCCC. The number of unbranched alkanes of at least 4 members (excludes halogenated alkanes) is 28. The average molecular weight is 637 g/mol. The Morgan fingerprint density at radius 1 is 0.222 bits per heavy atom. The van der Waals surface area contributed by atoms with E-state index in [0.29, 0.717) is 0 Å². The predicted octanol–water partition coefficient (Wildman–Crippen LogP) is 12.9. The first kappa shape index (κ1) is 37.0. The maximum atomic E-state index is 2.31. The molecule has 218 valence electrons. The van der Waals surface area contributed by atoms with Gasteiger partial charge >= 0.3 is 178 Å². The van der Waals surface area contributed by atoms with Crippen LogP contribution in [-0.4, -0.2) is 26.3 Å². The summed E-state index contributed by atoms with van der Waals surface area (Å²) in [6.07, 6.45) is 44.7. The molecule has 0 radical (unpaired) electrons. The van der Waals surface area contributed by atoms with E-state index in [4.69, 9.17) is 0 Å². The van der Waals surface area contributed by atoms with E-state index in [1.165, 1.54) is 180 Å². The Labute approximate surface area is 242 Å². The topological polar surface area (TPSA) is 0 Å². The van der Waals surface area contributed by atoms with E-state index in [1.54, 1.807) is 23.5 Å². The van der Waals surface area contributed by atoms with Gasteiger partial charge in [0.25, 0.3) is 0 Å². The molecule has 0 amide bonds. The molecule has 36 heavy (non-hydrogen) atoms. The minimum absolute atomic E-state index is 1.01. The maximum absolute atomic E-state index is 2.31. The second kappa shape index (κ2) is 36.0. The van der Waals surface area contributed by atoms with Crippen molar-refractivity contribution in [1.82, 2.24) is 0 Å². The van der Waals surface area contributed by atoms with Gasteiger partial charge in [-0.15, -0.1) is 0 Å². The summed E-state index contributed by atoms with van der Waals surface area (Å²) in [5, 5.41) is 3.17. The second-order valence-corrected chi connectivity index (χ2v) is 19.4. The molecule has 0 aromatic carbocycles. The Hall–Kier alpha value is 1.04. The van der Waals surface area contributed by atoms with Gasteiger partial charge in [-0.1, -0.05) is 65.2 Å². The van der Waals surface area contributed by atoms with Crippen LogP contribution in [0.5, 0.6) is 0 Å². The Kier molecular flexibility index (Phi) is 37.1. The molecule has 0 aliphatic rings. The van der Waals surface area contributed by atoms with Crippen molar-refractivity contribution in [1.29, 1.82) is 0 Å². The van der Waals surface area contributed by atoms with E-state index >= 15 is 0 Å². The Morgan fingerprint density at radius 3 is 0.583 bits per heavy atom. The van der Waals surface area contributed by atoms with Crippen LogP contribution in [0.4, 0.5) is 0 Å². The zero-order chi connectivity index (χ0) is 26.0. The van der Waals surface area contributed by atoms with Crippen molar-refractivity contribution in [2.24, 2.45) is 0 Å². The van der Waals surface area contributed by atoms with E-state index in [-0.39, 0.29) is 0 Å².